The molecule has 2 nitrogen and oxygen atoms in total. The van der Waals surface area contributed by atoms with Crippen molar-refractivity contribution in [2.75, 3.05) is 0 Å². The normalized spacial score (nSPS) is 11.4. The minimum Gasteiger partial charge on any atom is -0.477 e. The number of carboxylic acid groups (broad SMARTS) is 1. The van der Waals surface area contributed by atoms with Crippen molar-refractivity contribution in [1.29, 1.82) is 0 Å². The molecule has 0 bridgehead atoms. The monoisotopic (exact) mass is 200 g/mol. The van der Waals surface area contributed by atoms with E-state index in [9.17, 15) is 13.6 Å². The Hall–Kier alpha value is -1.45. The fourth-order valence-corrected chi connectivity index (χ4v) is 1.28. The van der Waals surface area contributed by atoms with Crippen LogP contribution >= 0.6 is 0 Å². The summed E-state index contributed by atoms with van der Waals surface area (Å²) < 4.78 is 26.1. The van der Waals surface area contributed by atoms with E-state index < -0.39 is 17.5 Å². The number of benzene rings is 1. The Morgan fingerprint density at radius 1 is 1.36 bits per heavy atom. The second-order valence-electron chi connectivity index (χ2n) is 3.20. The van der Waals surface area contributed by atoms with Crippen molar-refractivity contribution in [3.05, 3.63) is 34.9 Å². The van der Waals surface area contributed by atoms with Gasteiger partial charge in [-0.1, -0.05) is 23.8 Å². The first-order valence-electron chi connectivity index (χ1n) is 4.04. The van der Waals surface area contributed by atoms with Crippen molar-refractivity contribution >= 4 is 5.97 Å². The van der Waals surface area contributed by atoms with Crippen LogP contribution < -0.4 is 0 Å². The van der Waals surface area contributed by atoms with Gasteiger partial charge in [0.2, 0.25) is 0 Å². The second-order valence-corrected chi connectivity index (χ2v) is 3.20. The molecular weight excluding hydrogens is 190 g/mol. The summed E-state index contributed by atoms with van der Waals surface area (Å²) in [6.07, 6.45) is 0. The molecule has 0 amide bonds. The maximum absolute atomic E-state index is 13.1. The van der Waals surface area contributed by atoms with Gasteiger partial charge in [-0.05, 0) is 19.4 Å². The molecule has 14 heavy (non-hydrogen) atoms. The highest BCUT2D eigenvalue weighted by atomic mass is 19.3. The van der Waals surface area contributed by atoms with Crippen LogP contribution in [0.1, 0.15) is 16.7 Å². The fraction of sp³-hybridized carbons (Fsp3) is 0.300. The van der Waals surface area contributed by atoms with E-state index in [0.717, 1.165) is 11.6 Å². The Morgan fingerprint density at radius 3 is 2.36 bits per heavy atom. The molecule has 1 aromatic rings. The summed E-state index contributed by atoms with van der Waals surface area (Å²) in [4.78, 5) is 10.3. The first-order chi connectivity index (χ1) is 6.35. The minimum absolute atomic E-state index is 0.289. The van der Waals surface area contributed by atoms with Crippen molar-refractivity contribution in [2.24, 2.45) is 0 Å². The van der Waals surface area contributed by atoms with E-state index in [1.807, 2.05) is 0 Å². The Morgan fingerprint density at radius 2 is 1.93 bits per heavy atom. The predicted molar refractivity (Wildman–Crippen MR) is 47.4 cm³/mol. The zero-order valence-electron chi connectivity index (χ0n) is 7.84. The SMILES string of the molecule is Cc1ccc(C(F)(F)C(=O)O)c(C)c1. The van der Waals surface area contributed by atoms with Gasteiger partial charge in [0.05, 0.1) is 0 Å². The van der Waals surface area contributed by atoms with Crippen molar-refractivity contribution in [3.63, 3.8) is 0 Å². The summed E-state index contributed by atoms with van der Waals surface area (Å²) in [5, 5.41) is 8.34. The lowest BCUT2D eigenvalue weighted by atomic mass is 10.0. The van der Waals surface area contributed by atoms with Gasteiger partial charge >= 0.3 is 11.9 Å². The highest BCUT2D eigenvalue weighted by molar-refractivity contribution is 5.77. The Balaban J connectivity index is 3.26. The van der Waals surface area contributed by atoms with Gasteiger partial charge in [-0.15, -0.1) is 0 Å². The van der Waals surface area contributed by atoms with E-state index in [1.165, 1.54) is 19.1 Å². The molecule has 0 aromatic heterocycles. The maximum atomic E-state index is 13.1. The van der Waals surface area contributed by atoms with Crippen LogP contribution in [0.3, 0.4) is 0 Å². The smallest absolute Gasteiger partial charge is 0.379 e. The number of aryl methyl sites for hydroxylation is 2. The van der Waals surface area contributed by atoms with Gasteiger partial charge in [0.1, 0.15) is 0 Å². The number of aliphatic carboxylic acids is 1. The quantitative estimate of drug-likeness (QED) is 0.796. The van der Waals surface area contributed by atoms with Crippen LogP contribution in [0.5, 0.6) is 0 Å². The first-order valence-corrected chi connectivity index (χ1v) is 4.04. The Kier molecular flexibility index (Phi) is 2.55. The lowest BCUT2D eigenvalue weighted by molar-refractivity contribution is -0.166. The predicted octanol–water partition coefficient (Wildman–Crippen LogP) is 2.48. The molecule has 4 heteroatoms. The number of carbonyl (C=O) groups is 1. The Bertz CT molecular complexity index is 372. The van der Waals surface area contributed by atoms with Gasteiger partial charge in [-0.25, -0.2) is 4.79 Å². The maximum Gasteiger partial charge on any atom is 0.379 e. The number of hydrogen-bond acceptors (Lipinski definition) is 1. The molecule has 1 rings (SSSR count). The minimum atomic E-state index is -3.81. The van der Waals surface area contributed by atoms with E-state index in [2.05, 4.69) is 0 Å². The standard InChI is InChI=1S/C10H10F2O2/c1-6-3-4-8(7(2)5-6)10(11,12)9(13)14/h3-5H,1-2H3,(H,13,14). The van der Waals surface area contributed by atoms with E-state index in [4.69, 9.17) is 5.11 Å². The topological polar surface area (TPSA) is 37.3 Å². The molecule has 1 aromatic carbocycles. The largest absolute Gasteiger partial charge is 0.477 e. The number of rotatable bonds is 2. The molecule has 76 valence electrons. The van der Waals surface area contributed by atoms with Crippen LogP contribution in [0.4, 0.5) is 8.78 Å². The van der Waals surface area contributed by atoms with E-state index in [0.29, 0.717) is 0 Å². The second kappa shape index (κ2) is 3.36. The number of hydrogen-bond donors (Lipinski definition) is 1. The third-order valence-electron chi connectivity index (χ3n) is 1.99. The number of alkyl halides is 2. The highest BCUT2D eigenvalue weighted by Crippen LogP contribution is 2.30. The number of carboxylic acids is 1. The zero-order valence-corrected chi connectivity index (χ0v) is 7.84. The molecule has 0 radical (unpaired) electrons. The molecule has 0 aliphatic rings. The lowest BCUT2D eigenvalue weighted by Crippen LogP contribution is -2.26. The lowest BCUT2D eigenvalue weighted by Gasteiger charge is -2.14. The van der Waals surface area contributed by atoms with E-state index in [1.54, 1.807) is 6.92 Å². The van der Waals surface area contributed by atoms with Crippen LogP contribution in [0.2, 0.25) is 0 Å². The summed E-state index contributed by atoms with van der Waals surface area (Å²) in [6.45, 7) is 3.23. The first kappa shape index (κ1) is 10.6. The molecule has 0 aliphatic carbocycles. The fourth-order valence-electron chi connectivity index (χ4n) is 1.28. The molecule has 0 aliphatic heterocycles. The van der Waals surface area contributed by atoms with Crippen molar-refractivity contribution < 1.29 is 18.7 Å². The summed E-state index contributed by atoms with van der Waals surface area (Å²) in [6, 6.07) is 4.16. The van der Waals surface area contributed by atoms with Gasteiger partial charge in [0.15, 0.2) is 0 Å². The number of halogens is 2. The van der Waals surface area contributed by atoms with Gasteiger partial charge in [-0.2, -0.15) is 8.78 Å². The van der Waals surface area contributed by atoms with Gasteiger partial charge in [0, 0.05) is 5.56 Å². The molecule has 0 saturated carbocycles. The van der Waals surface area contributed by atoms with E-state index >= 15 is 0 Å². The average molecular weight is 200 g/mol. The van der Waals surface area contributed by atoms with Gasteiger partial charge in [0.25, 0.3) is 0 Å². The summed E-state index contributed by atoms with van der Waals surface area (Å²) in [5.74, 6) is -5.93. The third kappa shape index (κ3) is 1.73. The van der Waals surface area contributed by atoms with Crippen LogP contribution in [-0.4, -0.2) is 11.1 Å². The molecular formula is C10H10F2O2. The summed E-state index contributed by atoms with van der Waals surface area (Å²) in [5.41, 5.74) is 0.667. The molecule has 1 N–H and O–H groups in total. The van der Waals surface area contributed by atoms with Gasteiger partial charge in [-0.3, -0.25) is 0 Å². The van der Waals surface area contributed by atoms with Crippen molar-refractivity contribution in [3.8, 4) is 0 Å². The molecule has 0 unspecified atom stereocenters. The summed E-state index contributed by atoms with van der Waals surface area (Å²) >= 11 is 0. The third-order valence-corrected chi connectivity index (χ3v) is 1.99. The highest BCUT2D eigenvalue weighted by Gasteiger charge is 2.41. The molecule has 0 fully saturated rings. The molecule has 0 heterocycles. The van der Waals surface area contributed by atoms with Crippen LogP contribution in [0.25, 0.3) is 0 Å². The van der Waals surface area contributed by atoms with Gasteiger partial charge < -0.3 is 5.11 Å². The van der Waals surface area contributed by atoms with Crippen molar-refractivity contribution in [2.45, 2.75) is 19.8 Å². The average Bonchev–Trinajstić information content (AvgIpc) is 2.02. The van der Waals surface area contributed by atoms with Crippen LogP contribution in [0.15, 0.2) is 18.2 Å². The van der Waals surface area contributed by atoms with E-state index in [-0.39, 0.29) is 5.56 Å². The molecule has 0 atom stereocenters. The van der Waals surface area contributed by atoms with Crippen LogP contribution in [0, 0.1) is 13.8 Å². The molecule has 0 spiro atoms. The van der Waals surface area contributed by atoms with Crippen molar-refractivity contribution in [1.82, 2.24) is 0 Å². The van der Waals surface area contributed by atoms with Crippen LogP contribution in [-0.2, 0) is 10.7 Å². The zero-order chi connectivity index (χ0) is 10.9. The Labute approximate surface area is 80.2 Å². The summed E-state index contributed by atoms with van der Waals surface area (Å²) in [7, 11) is 0. The molecule has 0 saturated heterocycles.